The van der Waals surface area contributed by atoms with Crippen LogP contribution in [0.1, 0.15) is 39.5 Å². The molecule has 0 saturated heterocycles. The minimum Gasteiger partial charge on any atom is -0.491 e. The first-order chi connectivity index (χ1) is 12.4. The molecule has 0 bridgehead atoms. The van der Waals surface area contributed by atoms with E-state index < -0.39 is 10.0 Å². The Morgan fingerprint density at radius 2 is 1.50 bits per heavy atom. The summed E-state index contributed by atoms with van der Waals surface area (Å²) in [4.78, 5) is 0.210. The Kier molecular flexibility index (Phi) is 5.71. The SMILES string of the molecule is CC(C)Oc1ccc(S(=O)(=O)Nc2ccc(NC3CCCC3)cc2)cc1. The molecule has 0 heterocycles. The van der Waals surface area contributed by atoms with Gasteiger partial charge in [0.1, 0.15) is 5.75 Å². The van der Waals surface area contributed by atoms with Crippen molar-refractivity contribution < 1.29 is 13.2 Å². The molecule has 5 nitrogen and oxygen atoms in total. The van der Waals surface area contributed by atoms with Crippen LogP contribution in [0.3, 0.4) is 0 Å². The second-order valence-corrected chi connectivity index (χ2v) is 8.63. The summed E-state index contributed by atoms with van der Waals surface area (Å²) in [6.07, 6.45) is 5.00. The van der Waals surface area contributed by atoms with Crippen LogP contribution in [0.2, 0.25) is 0 Å². The van der Waals surface area contributed by atoms with Gasteiger partial charge < -0.3 is 10.1 Å². The fourth-order valence-electron chi connectivity index (χ4n) is 3.12. The first-order valence-electron chi connectivity index (χ1n) is 9.08. The van der Waals surface area contributed by atoms with Gasteiger partial charge in [-0.15, -0.1) is 0 Å². The van der Waals surface area contributed by atoms with Crippen molar-refractivity contribution in [3.8, 4) is 5.75 Å². The topological polar surface area (TPSA) is 67.4 Å². The lowest BCUT2D eigenvalue weighted by atomic mass is 10.2. The van der Waals surface area contributed by atoms with Crippen molar-refractivity contribution in [1.82, 2.24) is 0 Å². The van der Waals surface area contributed by atoms with Crippen LogP contribution >= 0.6 is 0 Å². The summed E-state index contributed by atoms with van der Waals surface area (Å²) < 4.78 is 33.2. The van der Waals surface area contributed by atoms with E-state index in [1.54, 1.807) is 36.4 Å². The maximum atomic E-state index is 12.5. The normalized spacial score (nSPS) is 15.2. The van der Waals surface area contributed by atoms with Gasteiger partial charge in [0.05, 0.1) is 11.0 Å². The molecule has 1 aliphatic rings. The highest BCUT2D eigenvalue weighted by molar-refractivity contribution is 7.92. The highest BCUT2D eigenvalue weighted by atomic mass is 32.2. The molecule has 2 aromatic carbocycles. The molecular weight excluding hydrogens is 348 g/mol. The number of ether oxygens (including phenoxy) is 1. The monoisotopic (exact) mass is 374 g/mol. The Balaban J connectivity index is 1.64. The van der Waals surface area contributed by atoms with E-state index in [4.69, 9.17) is 4.74 Å². The second-order valence-electron chi connectivity index (χ2n) is 6.95. The summed E-state index contributed by atoms with van der Waals surface area (Å²) in [5.41, 5.74) is 1.57. The van der Waals surface area contributed by atoms with E-state index in [1.807, 2.05) is 26.0 Å². The third-order valence-corrected chi connectivity index (χ3v) is 5.77. The molecule has 6 heteroatoms. The molecule has 0 aromatic heterocycles. The van der Waals surface area contributed by atoms with Crippen LogP contribution in [0.15, 0.2) is 53.4 Å². The number of anilines is 2. The minimum atomic E-state index is -3.62. The lowest BCUT2D eigenvalue weighted by molar-refractivity contribution is 0.242. The highest BCUT2D eigenvalue weighted by Crippen LogP contribution is 2.24. The molecule has 26 heavy (non-hydrogen) atoms. The minimum absolute atomic E-state index is 0.0481. The fraction of sp³-hybridized carbons (Fsp3) is 0.400. The molecule has 2 aromatic rings. The van der Waals surface area contributed by atoms with E-state index >= 15 is 0 Å². The molecule has 0 amide bonds. The summed E-state index contributed by atoms with van der Waals surface area (Å²) >= 11 is 0. The maximum Gasteiger partial charge on any atom is 0.261 e. The van der Waals surface area contributed by atoms with Crippen LogP contribution in [0, 0.1) is 0 Å². The Labute approximate surface area is 155 Å². The summed E-state index contributed by atoms with van der Waals surface area (Å²) in [7, 11) is -3.62. The molecule has 0 spiro atoms. The Morgan fingerprint density at radius 1 is 0.923 bits per heavy atom. The number of benzene rings is 2. The van der Waals surface area contributed by atoms with E-state index in [0.717, 1.165) is 5.69 Å². The van der Waals surface area contributed by atoms with E-state index in [-0.39, 0.29) is 11.0 Å². The zero-order valence-corrected chi connectivity index (χ0v) is 16.1. The molecule has 3 rings (SSSR count). The Bertz CT molecular complexity index is 809. The fourth-order valence-corrected chi connectivity index (χ4v) is 4.18. The second kappa shape index (κ2) is 7.99. The largest absolute Gasteiger partial charge is 0.491 e. The van der Waals surface area contributed by atoms with Crippen molar-refractivity contribution in [3.05, 3.63) is 48.5 Å². The van der Waals surface area contributed by atoms with E-state index in [2.05, 4.69) is 10.0 Å². The van der Waals surface area contributed by atoms with Crippen LogP contribution in [-0.4, -0.2) is 20.6 Å². The van der Waals surface area contributed by atoms with Gasteiger partial charge in [-0.25, -0.2) is 8.42 Å². The van der Waals surface area contributed by atoms with Crippen LogP contribution < -0.4 is 14.8 Å². The molecule has 0 radical (unpaired) electrons. The first kappa shape index (κ1) is 18.6. The van der Waals surface area contributed by atoms with Gasteiger partial charge in [-0.3, -0.25) is 4.72 Å². The van der Waals surface area contributed by atoms with Gasteiger partial charge in [-0.2, -0.15) is 0 Å². The molecule has 1 aliphatic carbocycles. The highest BCUT2D eigenvalue weighted by Gasteiger charge is 2.16. The van der Waals surface area contributed by atoms with Crippen molar-refractivity contribution in [1.29, 1.82) is 0 Å². The van der Waals surface area contributed by atoms with Crippen molar-refractivity contribution >= 4 is 21.4 Å². The van der Waals surface area contributed by atoms with Gasteiger partial charge in [0.25, 0.3) is 10.0 Å². The lowest BCUT2D eigenvalue weighted by Crippen LogP contribution is -2.15. The van der Waals surface area contributed by atoms with Crippen LogP contribution in [-0.2, 0) is 10.0 Å². The maximum absolute atomic E-state index is 12.5. The standard InChI is InChI=1S/C20H26N2O3S/c1-15(2)25-19-11-13-20(14-12-19)26(23,24)22-18-9-7-17(8-10-18)21-16-5-3-4-6-16/h7-16,21-22H,3-6H2,1-2H3. The lowest BCUT2D eigenvalue weighted by Gasteiger charge is -2.14. The Morgan fingerprint density at radius 3 is 2.08 bits per heavy atom. The first-order valence-corrected chi connectivity index (χ1v) is 10.6. The zero-order chi connectivity index (χ0) is 18.6. The number of nitrogens with one attached hydrogen (secondary N) is 2. The molecule has 140 valence electrons. The van der Waals surface area contributed by atoms with Gasteiger partial charge in [-0.1, -0.05) is 12.8 Å². The average Bonchev–Trinajstić information content (AvgIpc) is 3.09. The quantitative estimate of drug-likeness (QED) is 0.741. The van der Waals surface area contributed by atoms with Gasteiger partial charge in [0, 0.05) is 17.4 Å². The van der Waals surface area contributed by atoms with Crippen molar-refractivity contribution in [2.75, 3.05) is 10.0 Å². The van der Waals surface area contributed by atoms with Crippen molar-refractivity contribution in [3.63, 3.8) is 0 Å². The summed E-state index contributed by atoms with van der Waals surface area (Å²) in [6, 6.07) is 14.4. The Hall–Kier alpha value is -2.21. The molecule has 0 unspecified atom stereocenters. The third kappa shape index (κ3) is 4.91. The molecular formula is C20H26N2O3S. The van der Waals surface area contributed by atoms with Crippen LogP contribution in [0.5, 0.6) is 5.75 Å². The van der Waals surface area contributed by atoms with Gasteiger partial charge in [-0.05, 0) is 75.2 Å². The summed E-state index contributed by atoms with van der Waals surface area (Å²) in [6.45, 7) is 3.86. The van der Waals surface area contributed by atoms with Crippen molar-refractivity contribution in [2.45, 2.75) is 56.6 Å². The predicted octanol–water partition coefficient (Wildman–Crippen LogP) is 4.63. The molecule has 2 N–H and O–H groups in total. The van der Waals surface area contributed by atoms with Gasteiger partial charge >= 0.3 is 0 Å². The average molecular weight is 375 g/mol. The van der Waals surface area contributed by atoms with Crippen molar-refractivity contribution in [2.24, 2.45) is 0 Å². The number of hydrogen-bond acceptors (Lipinski definition) is 4. The van der Waals surface area contributed by atoms with Gasteiger partial charge in [0.15, 0.2) is 0 Å². The molecule has 0 aliphatic heterocycles. The molecule has 0 atom stereocenters. The number of hydrogen-bond donors (Lipinski definition) is 2. The summed E-state index contributed by atoms with van der Waals surface area (Å²) in [5, 5.41) is 3.49. The summed E-state index contributed by atoms with van der Waals surface area (Å²) in [5.74, 6) is 0.654. The predicted molar refractivity (Wildman–Crippen MR) is 105 cm³/mol. The van der Waals surface area contributed by atoms with E-state index in [9.17, 15) is 8.42 Å². The van der Waals surface area contributed by atoms with E-state index in [0.29, 0.717) is 17.5 Å². The van der Waals surface area contributed by atoms with Crippen LogP contribution in [0.25, 0.3) is 0 Å². The van der Waals surface area contributed by atoms with Gasteiger partial charge in [0.2, 0.25) is 0 Å². The van der Waals surface area contributed by atoms with E-state index in [1.165, 1.54) is 25.7 Å². The smallest absolute Gasteiger partial charge is 0.261 e. The third-order valence-electron chi connectivity index (χ3n) is 4.37. The number of rotatable bonds is 7. The molecule has 1 fully saturated rings. The number of sulfonamides is 1. The van der Waals surface area contributed by atoms with Crippen LogP contribution in [0.4, 0.5) is 11.4 Å². The molecule has 1 saturated carbocycles. The zero-order valence-electron chi connectivity index (χ0n) is 15.2.